The van der Waals surface area contributed by atoms with E-state index >= 15 is 0 Å². The smallest absolute Gasteiger partial charge is 0.164 e. The Morgan fingerprint density at radius 3 is 1.77 bits per heavy atom. The molecule has 0 aliphatic carbocycles. The molecule has 0 aliphatic rings. The highest BCUT2D eigenvalue weighted by atomic mass is 16.3. The molecule has 7 heteroatoms. The number of para-hydroxylation sites is 3. The fourth-order valence-corrected chi connectivity index (χ4v) is 8.32. The zero-order valence-corrected chi connectivity index (χ0v) is 30.3. The number of rotatable bonds is 5. The molecule has 0 aliphatic heterocycles. The molecule has 5 heterocycles. The summed E-state index contributed by atoms with van der Waals surface area (Å²) in [7, 11) is 0. The van der Waals surface area contributed by atoms with E-state index in [1.807, 2.05) is 48.7 Å². The molecule has 12 aromatic rings. The van der Waals surface area contributed by atoms with Crippen molar-refractivity contribution in [2.45, 2.75) is 0 Å². The number of benzene rings is 7. The second kappa shape index (κ2) is 12.3. The van der Waals surface area contributed by atoms with Crippen LogP contribution in [-0.4, -0.2) is 24.5 Å². The van der Waals surface area contributed by atoms with Gasteiger partial charge in [-0.3, -0.25) is 4.98 Å². The molecule has 0 radical (unpaired) electrons. The van der Waals surface area contributed by atoms with Crippen molar-refractivity contribution in [1.29, 1.82) is 0 Å². The maximum Gasteiger partial charge on any atom is 0.164 e. The number of fused-ring (bicyclic) bond motifs is 9. The zero-order valence-electron chi connectivity index (χ0n) is 30.3. The van der Waals surface area contributed by atoms with Crippen LogP contribution in [0.5, 0.6) is 0 Å². The van der Waals surface area contributed by atoms with Crippen LogP contribution in [0, 0.1) is 0 Å². The van der Waals surface area contributed by atoms with E-state index < -0.39 is 0 Å². The summed E-state index contributed by atoms with van der Waals surface area (Å²) in [5.41, 5.74) is 11.4. The van der Waals surface area contributed by atoms with Crippen molar-refractivity contribution >= 4 is 65.7 Å². The van der Waals surface area contributed by atoms with Gasteiger partial charge >= 0.3 is 0 Å². The fourth-order valence-electron chi connectivity index (χ4n) is 8.32. The van der Waals surface area contributed by atoms with Gasteiger partial charge in [0.2, 0.25) is 0 Å². The van der Waals surface area contributed by atoms with E-state index in [9.17, 15) is 0 Å². The third-order valence-electron chi connectivity index (χ3n) is 11.0. The monoisotopic (exact) mass is 731 g/mol. The Morgan fingerprint density at radius 1 is 0.386 bits per heavy atom. The Kier molecular flexibility index (Phi) is 6.79. The molecule has 0 atom stereocenters. The van der Waals surface area contributed by atoms with Gasteiger partial charge in [0.05, 0.1) is 11.0 Å². The van der Waals surface area contributed by atoms with Crippen molar-refractivity contribution in [1.82, 2.24) is 24.5 Å². The van der Waals surface area contributed by atoms with Crippen LogP contribution in [0.2, 0.25) is 0 Å². The van der Waals surface area contributed by atoms with Gasteiger partial charge in [-0.05, 0) is 65.7 Å². The van der Waals surface area contributed by atoms with Gasteiger partial charge in [0.25, 0.3) is 0 Å². The van der Waals surface area contributed by atoms with Crippen LogP contribution in [0.1, 0.15) is 0 Å². The Balaban J connectivity index is 1.02. The Morgan fingerprint density at radius 2 is 0.982 bits per heavy atom. The topological polar surface area (TPSA) is 82.8 Å². The van der Waals surface area contributed by atoms with E-state index in [1.54, 1.807) is 6.20 Å². The fraction of sp³-hybridized carbons (Fsp3) is 0. The van der Waals surface area contributed by atoms with Gasteiger partial charge in [-0.15, -0.1) is 0 Å². The van der Waals surface area contributed by atoms with E-state index in [4.69, 9.17) is 23.8 Å². The third kappa shape index (κ3) is 4.99. The predicted molar refractivity (Wildman–Crippen MR) is 228 cm³/mol. The molecule has 266 valence electrons. The number of aromatic nitrogens is 5. The maximum absolute atomic E-state index is 6.26. The molecule has 5 aromatic heterocycles. The van der Waals surface area contributed by atoms with Crippen LogP contribution in [0.15, 0.2) is 185 Å². The largest absolute Gasteiger partial charge is 0.456 e. The number of furan rings is 2. The van der Waals surface area contributed by atoms with Crippen molar-refractivity contribution in [3.8, 4) is 51.0 Å². The first-order valence-corrected chi connectivity index (χ1v) is 18.9. The molecule has 0 N–H and O–H groups in total. The van der Waals surface area contributed by atoms with Crippen molar-refractivity contribution < 1.29 is 8.83 Å². The SMILES string of the molecule is c1cc(-c2nc(-c3ccc(-c4cccc5oc6ccccc6c45)cc3)nc(-c3ccc4c(c3)oc3ccncc34)n2)cc(-n2c3ccccc3c3ccccc32)c1. The highest BCUT2D eigenvalue weighted by molar-refractivity contribution is 6.12. The molecule has 0 amide bonds. The van der Waals surface area contributed by atoms with Crippen LogP contribution < -0.4 is 0 Å². The normalized spacial score (nSPS) is 11.9. The van der Waals surface area contributed by atoms with E-state index in [-0.39, 0.29) is 0 Å². The van der Waals surface area contributed by atoms with E-state index in [1.165, 1.54) is 10.8 Å². The zero-order chi connectivity index (χ0) is 37.5. The average molecular weight is 732 g/mol. The Labute approximate surface area is 325 Å². The first-order valence-electron chi connectivity index (χ1n) is 18.9. The lowest BCUT2D eigenvalue weighted by Crippen LogP contribution is -2.01. The molecule has 0 saturated heterocycles. The Hall–Kier alpha value is -7.90. The first kappa shape index (κ1) is 31.5. The Bertz CT molecular complexity index is 3490. The van der Waals surface area contributed by atoms with Crippen molar-refractivity contribution in [3.63, 3.8) is 0 Å². The summed E-state index contributed by atoms with van der Waals surface area (Å²) >= 11 is 0. The molecule has 0 bridgehead atoms. The second-order valence-corrected chi connectivity index (χ2v) is 14.3. The van der Waals surface area contributed by atoms with Crippen molar-refractivity contribution in [2.75, 3.05) is 0 Å². The highest BCUT2D eigenvalue weighted by Gasteiger charge is 2.18. The molecule has 0 spiro atoms. The maximum atomic E-state index is 6.26. The number of nitrogens with zero attached hydrogens (tertiary/aromatic N) is 5. The van der Waals surface area contributed by atoms with Crippen molar-refractivity contribution in [2.24, 2.45) is 0 Å². The minimum Gasteiger partial charge on any atom is -0.456 e. The van der Waals surface area contributed by atoms with Crippen LogP contribution in [0.3, 0.4) is 0 Å². The predicted octanol–water partition coefficient (Wildman–Crippen LogP) is 12.8. The third-order valence-corrected chi connectivity index (χ3v) is 11.0. The van der Waals surface area contributed by atoms with Gasteiger partial charge in [-0.25, -0.2) is 15.0 Å². The molecule has 12 rings (SSSR count). The lowest BCUT2D eigenvalue weighted by atomic mass is 9.98. The molecular weight excluding hydrogens is 703 g/mol. The summed E-state index contributed by atoms with van der Waals surface area (Å²) < 4.78 is 14.8. The van der Waals surface area contributed by atoms with Crippen LogP contribution >= 0.6 is 0 Å². The standard InChI is InChI=1S/C50H29N5O2/c1-4-15-41-36(11-1)37-12-2-5-16-42(37)55(41)34-10-7-9-32(27-34)49-52-48(53-50(54-49)33-23-24-38-40-29-51-26-25-44(40)57-46(38)28-33)31-21-19-30(20-22-31)35-14-8-18-45-47(35)39-13-3-6-17-43(39)56-45/h1-29H. The summed E-state index contributed by atoms with van der Waals surface area (Å²) in [5.74, 6) is 1.70. The lowest BCUT2D eigenvalue weighted by molar-refractivity contribution is 0.668. The van der Waals surface area contributed by atoms with Crippen LogP contribution in [0.4, 0.5) is 0 Å². The first-order chi connectivity index (χ1) is 28.2. The number of hydrogen-bond acceptors (Lipinski definition) is 6. The average Bonchev–Trinajstić information content (AvgIpc) is 3.96. The lowest BCUT2D eigenvalue weighted by Gasteiger charge is -2.12. The molecule has 7 nitrogen and oxygen atoms in total. The van der Waals surface area contributed by atoms with Gasteiger partial charge in [0.15, 0.2) is 17.5 Å². The van der Waals surface area contributed by atoms with Crippen molar-refractivity contribution in [3.05, 3.63) is 176 Å². The molecule has 7 aromatic carbocycles. The number of pyridine rings is 1. The van der Waals surface area contributed by atoms with Crippen LogP contribution in [-0.2, 0) is 0 Å². The summed E-state index contributed by atoms with van der Waals surface area (Å²) in [5, 5.41) is 6.58. The van der Waals surface area contributed by atoms with E-state index in [2.05, 4.69) is 131 Å². The highest BCUT2D eigenvalue weighted by Crippen LogP contribution is 2.38. The second-order valence-electron chi connectivity index (χ2n) is 14.3. The van der Waals surface area contributed by atoms with Gasteiger partial charge in [-0.1, -0.05) is 109 Å². The minimum absolute atomic E-state index is 0.552. The molecule has 0 saturated carbocycles. The van der Waals surface area contributed by atoms with Gasteiger partial charge in [0.1, 0.15) is 22.3 Å². The summed E-state index contributed by atoms with van der Waals surface area (Å²) in [6.45, 7) is 0. The molecular formula is C50H29N5O2. The van der Waals surface area contributed by atoms with E-state index in [0.717, 1.165) is 88.4 Å². The van der Waals surface area contributed by atoms with E-state index in [0.29, 0.717) is 17.5 Å². The minimum atomic E-state index is 0.552. The summed E-state index contributed by atoms with van der Waals surface area (Å²) in [6, 6.07) is 56.3. The van der Waals surface area contributed by atoms with Gasteiger partial charge in [-0.2, -0.15) is 0 Å². The molecule has 0 fully saturated rings. The van der Waals surface area contributed by atoms with Crippen LogP contribution in [0.25, 0.3) is 117 Å². The summed E-state index contributed by atoms with van der Waals surface area (Å²) in [6.07, 6.45) is 3.58. The van der Waals surface area contributed by atoms with Gasteiger partial charge < -0.3 is 13.4 Å². The number of hydrogen-bond donors (Lipinski definition) is 0. The quantitative estimate of drug-likeness (QED) is 0.175. The molecule has 0 unspecified atom stereocenters. The molecule has 57 heavy (non-hydrogen) atoms. The van der Waals surface area contributed by atoms with Gasteiger partial charge in [0, 0.05) is 67.1 Å². The summed E-state index contributed by atoms with van der Waals surface area (Å²) in [4.78, 5) is 19.7.